The molecule has 0 fully saturated rings. The van der Waals surface area contributed by atoms with Gasteiger partial charge in [-0.2, -0.15) is 13.2 Å². The van der Waals surface area contributed by atoms with Crippen molar-refractivity contribution in [2.45, 2.75) is 12.7 Å². The minimum absolute atomic E-state index is 0.0533. The lowest BCUT2D eigenvalue weighted by Gasteiger charge is -2.09. The third-order valence-corrected chi connectivity index (χ3v) is 3.56. The fourth-order valence-electron chi connectivity index (χ4n) is 2.45. The second-order valence-corrected chi connectivity index (χ2v) is 5.38. The highest BCUT2D eigenvalue weighted by Gasteiger charge is 2.31. The Morgan fingerprint density at radius 3 is 2.76 bits per heavy atom. The maximum Gasteiger partial charge on any atom is 0.416 e. The summed E-state index contributed by atoms with van der Waals surface area (Å²) in [6.45, 7) is 0.280. The number of imidazole rings is 1. The molecule has 9 heteroatoms. The van der Waals surface area contributed by atoms with Crippen LogP contribution in [0.5, 0.6) is 0 Å². The summed E-state index contributed by atoms with van der Waals surface area (Å²) < 4.78 is 45.6. The van der Waals surface area contributed by atoms with Crippen molar-refractivity contribution in [3.63, 3.8) is 0 Å². The van der Waals surface area contributed by atoms with Gasteiger partial charge in [-0.3, -0.25) is 10.1 Å². The van der Waals surface area contributed by atoms with Gasteiger partial charge in [0.05, 0.1) is 35.9 Å². The maximum absolute atomic E-state index is 12.9. The minimum atomic E-state index is -4.46. The Hall–Kier alpha value is -2.81. The Balaban J connectivity index is 2.06. The summed E-state index contributed by atoms with van der Waals surface area (Å²) in [5, 5.41) is 5.30. The summed E-state index contributed by atoms with van der Waals surface area (Å²) in [7, 11) is 1.61. The van der Waals surface area contributed by atoms with Gasteiger partial charge in [-0.1, -0.05) is 0 Å². The van der Waals surface area contributed by atoms with Crippen LogP contribution in [-0.4, -0.2) is 29.1 Å². The molecule has 3 aromatic rings. The van der Waals surface area contributed by atoms with E-state index in [1.165, 1.54) is 12.3 Å². The zero-order valence-corrected chi connectivity index (χ0v) is 13.2. The smallest absolute Gasteiger partial charge is 0.416 e. The average Bonchev–Trinajstić information content (AvgIpc) is 3.15. The van der Waals surface area contributed by atoms with E-state index in [1.54, 1.807) is 23.7 Å². The molecule has 0 bridgehead atoms. The number of benzene rings is 1. The molecule has 0 unspecified atom stereocenters. The number of halogens is 3. The van der Waals surface area contributed by atoms with Crippen molar-refractivity contribution in [1.82, 2.24) is 14.9 Å². The number of furan rings is 1. The topological polar surface area (TPSA) is 72.1 Å². The van der Waals surface area contributed by atoms with E-state index in [1.807, 2.05) is 0 Å². The summed E-state index contributed by atoms with van der Waals surface area (Å²) >= 11 is 0. The van der Waals surface area contributed by atoms with Gasteiger partial charge in [-0.15, -0.1) is 0 Å². The largest absolute Gasteiger partial charge is 0.467 e. The lowest BCUT2D eigenvalue weighted by Crippen LogP contribution is -2.26. The Morgan fingerprint density at radius 2 is 2.12 bits per heavy atom. The number of rotatable bonds is 5. The predicted octanol–water partition coefficient (Wildman–Crippen LogP) is 2.85. The van der Waals surface area contributed by atoms with Gasteiger partial charge in [0.15, 0.2) is 0 Å². The number of fused-ring (bicyclic) bond motifs is 1. The molecular formula is C16H15F3N4O2. The second kappa shape index (κ2) is 6.60. The monoisotopic (exact) mass is 352 g/mol. The molecule has 2 heterocycles. The Bertz CT molecular complexity index is 885. The highest BCUT2D eigenvalue weighted by atomic mass is 19.4. The molecule has 0 radical (unpaired) electrons. The highest BCUT2D eigenvalue weighted by molar-refractivity contribution is 5.93. The van der Waals surface area contributed by atoms with Crippen molar-refractivity contribution < 1.29 is 22.4 Å². The van der Waals surface area contributed by atoms with E-state index in [2.05, 4.69) is 15.6 Å². The Kier molecular flexibility index (Phi) is 4.49. The van der Waals surface area contributed by atoms with Gasteiger partial charge in [-0.25, -0.2) is 4.98 Å². The summed E-state index contributed by atoms with van der Waals surface area (Å²) in [5.74, 6) is 0.392. The van der Waals surface area contributed by atoms with E-state index in [-0.39, 0.29) is 30.5 Å². The van der Waals surface area contributed by atoms with Crippen LogP contribution >= 0.6 is 0 Å². The quantitative estimate of drug-likeness (QED) is 0.741. The summed E-state index contributed by atoms with van der Waals surface area (Å²) in [5.41, 5.74) is -0.193. The van der Waals surface area contributed by atoms with E-state index in [9.17, 15) is 18.0 Å². The first-order chi connectivity index (χ1) is 11.9. The van der Waals surface area contributed by atoms with Crippen LogP contribution in [0.1, 0.15) is 11.3 Å². The van der Waals surface area contributed by atoms with E-state index < -0.39 is 11.7 Å². The number of alkyl halides is 3. The molecule has 3 rings (SSSR count). The van der Waals surface area contributed by atoms with Crippen molar-refractivity contribution in [3.05, 3.63) is 47.9 Å². The van der Waals surface area contributed by atoms with Crippen molar-refractivity contribution in [2.24, 2.45) is 0 Å². The highest BCUT2D eigenvalue weighted by Crippen LogP contribution is 2.32. The zero-order valence-electron chi connectivity index (χ0n) is 13.2. The second-order valence-electron chi connectivity index (χ2n) is 5.38. The third kappa shape index (κ3) is 3.66. The number of hydrogen-bond acceptors (Lipinski definition) is 4. The average molecular weight is 352 g/mol. The van der Waals surface area contributed by atoms with Crippen LogP contribution in [0.4, 0.5) is 19.1 Å². The number of nitrogens with zero attached hydrogens (tertiary/aromatic N) is 2. The van der Waals surface area contributed by atoms with Gasteiger partial charge >= 0.3 is 6.18 Å². The maximum atomic E-state index is 12.9. The first-order valence-electron chi connectivity index (χ1n) is 7.43. The van der Waals surface area contributed by atoms with E-state index in [0.29, 0.717) is 11.3 Å². The van der Waals surface area contributed by atoms with E-state index >= 15 is 0 Å². The first-order valence-corrected chi connectivity index (χ1v) is 7.43. The molecule has 0 spiro atoms. The van der Waals surface area contributed by atoms with Crippen LogP contribution in [-0.2, 0) is 17.5 Å². The van der Waals surface area contributed by atoms with Gasteiger partial charge in [-0.05, 0) is 37.4 Å². The fourth-order valence-corrected chi connectivity index (χ4v) is 2.45. The van der Waals surface area contributed by atoms with Crippen LogP contribution in [0, 0.1) is 0 Å². The van der Waals surface area contributed by atoms with Gasteiger partial charge < -0.3 is 14.3 Å². The molecule has 2 N–H and O–H groups in total. The molecule has 0 aliphatic rings. The number of carbonyl (C=O) groups excluding carboxylic acids is 1. The number of nitrogens with one attached hydrogen (secondary N) is 2. The number of hydrogen-bond donors (Lipinski definition) is 2. The molecule has 1 aromatic carbocycles. The molecule has 1 amide bonds. The van der Waals surface area contributed by atoms with Crippen molar-refractivity contribution in [1.29, 1.82) is 0 Å². The molecule has 0 atom stereocenters. The molecule has 6 nitrogen and oxygen atoms in total. The van der Waals surface area contributed by atoms with Crippen molar-refractivity contribution >= 4 is 22.9 Å². The lowest BCUT2D eigenvalue weighted by atomic mass is 10.2. The molecule has 132 valence electrons. The number of aromatic nitrogens is 2. The summed E-state index contributed by atoms with van der Waals surface area (Å²) in [6, 6.07) is 6.72. The van der Waals surface area contributed by atoms with Crippen molar-refractivity contribution in [2.75, 3.05) is 18.9 Å². The lowest BCUT2D eigenvalue weighted by molar-refractivity contribution is -0.137. The predicted molar refractivity (Wildman–Crippen MR) is 85.1 cm³/mol. The Morgan fingerprint density at radius 1 is 1.32 bits per heavy atom. The van der Waals surface area contributed by atoms with Crippen LogP contribution < -0.4 is 10.6 Å². The van der Waals surface area contributed by atoms with Crippen LogP contribution in [0.3, 0.4) is 0 Å². The summed E-state index contributed by atoms with van der Waals surface area (Å²) in [6.07, 6.45) is -2.97. The third-order valence-electron chi connectivity index (χ3n) is 3.56. The van der Waals surface area contributed by atoms with Gasteiger partial charge in [0.1, 0.15) is 5.76 Å². The first kappa shape index (κ1) is 17.0. The number of anilines is 1. The number of likely N-dealkylation sites (N-methyl/N-ethyl adjacent to an activating group) is 1. The molecule has 0 aliphatic heterocycles. The fraction of sp³-hybridized carbons (Fsp3) is 0.250. The van der Waals surface area contributed by atoms with E-state index in [0.717, 1.165) is 12.1 Å². The summed E-state index contributed by atoms with van der Waals surface area (Å²) in [4.78, 5) is 16.0. The van der Waals surface area contributed by atoms with Gasteiger partial charge in [0, 0.05) is 0 Å². The molecule has 0 aliphatic carbocycles. The molecule has 25 heavy (non-hydrogen) atoms. The van der Waals surface area contributed by atoms with E-state index in [4.69, 9.17) is 4.42 Å². The molecule has 0 saturated heterocycles. The van der Waals surface area contributed by atoms with Crippen LogP contribution in [0.2, 0.25) is 0 Å². The van der Waals surface area contributed by atoms with Crippen LogP contribution in [0.25, 0.3) is 11.0 Å². The van der Waals surface area contributed by atoms with Gasteiger partial charge in [0.2, 0.25) is 11.9 Å². The van der Waals surface area contributed by atoms with Crippen LogP contribution in [0.15, 0.2) is 41.0 Å². The minimum Gasteiger partial charge on any atom is -0.467 e. The molecular weight excluding hydrogens is 337 g/mol. The molecule has 2 aromatic heterocycles. The standard InChI is InChI=1S/C16H15F3N4O2/c1-20-8-14(24)22-15-21-12-7-10(16(17,18)19)4-5-13(12)23(15)9-11-3-2-6-25-11/h2-7,20H,8-9H2,1H3,(H,21,22,24). The zero-order chi connectivity index (χ0) is 18.0. The number of amides is 1. The Labute approximate surface area is 140 Å². The number of carbonyl (C=O) groups is 1. The van der Waals surface area contributed by atoms with Gasteiger partial charge in [0.25, 0.3) is 0 Å². The molecule has 0 saturated carbocycles. The van der Waals surface area contributed by atoms with Crippen molar-refractivity contribution in [3.8, 4) is 0 Å². The normalized spacial score (nSPS) is 11.8. The SMILES string of the molecule is CNCC(=O)Nc1nc2cc(C(F)(F)F)ccc2n1Cc1ccco1.